The average Bonchev–Trinajstić information content (AvgIpc) is 3.90. The van der Waals surface area contributed by atoms with E-state index in [0.717, 1.165) is 49.0 Å². The molecule has 268 valence electrons. The van der Waals surface area contributed by atoms with Gasteiger partial charge in [0.05, 0.1) is 45.2 Å². The Morgan fingerprint density at radius 2 is 1.69 bits per heavy atom. The molecule has 3 aromatic heterocycles. The lowest BCUT2D eigenvalue weighted by Gasteiger charge is -2.31. The van der Waals surface area contributed by atoms with E-state index in [2.05, 4.69) is 36.6 Å². The highest BCUT2D eigenvalue weighted by Gasteiger charge is 2.36. The molecule has 52 heavy (non-hydrogen) atoms. The summed E-state index contributed by atoms with van der Waals surface area (Å²) in [5, 5.41) is 32.0. The van der Waals surface area contributed by atoms with E-state index in [1.54, 1.807) is 12.3 Å². The molecule has 12 nitrogen and oxygen atoms in total. The van der Waals surface area contributed by atoms with Crippen molar-refractivity contribution in [1.82, 2.24) is 29.5 Å². The monoisotopic (exact) mass is 740 g/mol. The van der Waals surface area contributed by atoms with Gasteiger partial charge in [-0.25, -0.2) is 4.98 Å². The number of aromatic nitrogens is 4. The maximum absolute atomic E-state index is 13.6. The van der Waals surface area contributed by atoms with Crippen molar-refractivity contribution in [2.24, 2.45) is 5.92 Å². The van der Waals surface area contributed by atoms with Crippen LogP contribution in [0.15, 0.2) is 67.0 Å². The predicted octanol–water partition coefficient (Wildman–Crippen LogP) is 6.60. The number of carbonyl (C=O) groups excluding carboxylic acids is 1. The molecule has 2 fully saturated rings. The summed E-state index contributed by atoms with van der Waals surface area (Å²) in [6.45, 7) is 4.15. The van der Waals surface area contributed by atoms with Crippen molar-refractivity contribution < 1.29 is 19.8 Å². The van der Waals surface area contributed by atoms with Crippen LogP contribution < -0.4 is 10.6 Å². The molecule has 8 rings (SSSR count). The lowest BCUT2D eigenvalue weighted by Crippen LogP contribution is -2.32. The molecule has 5 aromatic rings. The molecular formula is C38H38Cl2N8O4. The maximum atomic E-state index is 13.6. The van der Waals surface area contributed by atoms with Gasteiger partial charge in [0.15, 0.2) is 11.5 Å². The molecule has 3 aliphatic rings. The van der Waals surface area contributed by atoms with Crippen LogP contribution in [0.4, 0.5) is 17.2 Å². The van der Waals surface area contributed by atoms with Crippen LogP contribution in [-0.4, -0.2) is 83.9 Å². The van der Waals surface area contributed by atoms with Crippen molar-refractivity contribution >= 4 is 63.2 Å². The van der Waals surface area contributed by atoms with Gasteiger partial charge in [0.25, 0.3) is 5.91 Å². The molecule has 3 atom stereocenters. The van der Waals surface area contributed by atoms with Crippen LogP contribution in [0.3, 0.4) is 0 Å². The number of pyridine rings is 2. The minimum atomic E-state index is -0.764. The highest BCUT2D eigenvalue weighted by Crippen LogP contribution is 2.41. The van der Waals surface area contributed by atoms with Gasteiger partial charge >= 0.3 is 5.97 Å². The zero-order valence-corrected chi connectivity index (χ0v) is 29.8. The number of fused-ring (bicyclic) bond motifs is 2. The van der Waals surface area contributed by atoms with E-state index < -0.39 is 5.97 Å². The van der Waals surface area contributed by atoms with Crippen LogP contribution in [0.25, 0.3) is 22.0 Å². The van der Waals surface area contributed by atoms with Gasteiger partial charge in [-0.05, 0) is 68.1 Å². The van der Waals surface area contributed by atoms with Crippen LogP contribution in [0.5, 0.6) is 0 Å². The molecule has 2 saturated heterocycles. The van der Waals surface area contributed by atoms with Gasteiger partial charge in [0.1, 0.15) is 5.52 Å². The molecule has 3 aliphatic heterocycles. The first kappa shape index (κ1) is 34.5. The summed E-state index contributed by atoms with van der Waals surface area (Å²) in [4.78, 5) is 38.8. The number of aryl methyl sites for hydroxylation is 1. The highest BCUT2D eigenvalue weighted by molar-refractivity contribution is 6.39. The van der Waals surface area contributed by atoms with Crippen molar-refractivity contribution in [1.29, 1.82) is 0 Å². The molecular weight excluding hydrogens is 703 g/mol. The van der Waals surface area contributed by atoms with Crippen LogP contribution in [0.2, 0.25) is 10.0 Å². The molecule has 0 spiro atoms. The van der Waals surface area contributed by atoms with Gasteiger partial charge < -0.3 is 20.8 Å². The van der Waals surface area contributed by atoms with Gasteiger partial charge in [-0.2, -0.15) is 5.10 Å². The fraction of sp³-hybridized carbons (Fsp3) is 0.342. The number of carboxylic acids is 1. The van der Waals surface area contributed by atoms with Crippen LogP contribution >= 0.6 is 23.2 Å². The maximum Gasteiger partial charge on any atom is 0.307 e. The number of β-amino-alcohol motifs (C(OH)–C–C–N with tert-alkyl or cyclic N) is 1. The number of likely N-dealkylation sites (tertiary alicyclic amines) is 2. The SMILES string of the molecule is O=C(Nc1cccc(-c2cccc(Nc3nccc4cc(CN5CC[C@@H](O)C5)cnc34)c2Cl)c1Cl)c1cc2n(n1)CCCC2N1CC[C@@H](C(=O)O)C1. The molecule has 0 saturated carbocycles. The average molecular weight is 742 g/mol. The van der Waals surface area contributed by atoms with E-state index in [-0.39, 0.29) is 29.7 Å². The fourth-order valence-electron chi connectivity index (χ4n) is 7.70. The Balaban J connectivity index is 1.00. The molecule has 1 unspecified atom stereocenters. The number of nitrogens with zero attached hydrogens (tertiary/aromatic N) is 6. The fourth-order valence-corrected chi connectivity index (χ4v) is 8.25. The molecule has 4 N–H and O–H groups in total. The van der Waals surface area contributed by atoms with E-state index >= 15 is 0 Å². The standard InChI is InChI=1S/C38H38Cl2N8O4/c39-33-26(4-1-6-28(33)43-36-35-23(9-12-41-36)16-22(18-42-35)19-46-14-11-25(49)21-46)27-5-2-7-29(34(27)40)44-37(50)30-17-32-31(8-3-13-48(32)45-30)47-15-10-24(20-47)38(51)52/h1-2,4-7,9,12,16-18,24-25,31,49H,3,8,10-11,13-15,19-21H2,(H,41,43)(H,44,50)(H,51,52)/t24-,25-,31?/m1/s1. The van der Waals surface area contributed by atoms with Gasteiger partial charge in [-0.15, -0.1) is 0 Å². The number of hydrogen-bond acceptors (Lipinski definition) is 9. The number of aliphatic carboxylic acids is 1. The lowest BCUT2D eigenvalue weighted by atomic mass is 10.0. The lowest BCUT2D eigenvalue weighted by molar-refractivity contribution is -0.141. The predicted molar refractivity (Wildman–Crippen MR) is 200 cm³/mol. The number of aliphatic hydroxyl groups is 1. The van der Waals surface area contributed by atoms with E-state index in [4.69, 9.17) is 28.2 Å². The zero-order valence-electron chi connectivity index (χ0n) is 28.3. The Morgan fingerprint density at radius 3 is 2.44 bits per heavy atom. The molecule has 2 aromatic carbocycles. The Kier molecular flexibility index (Phi) is 9.58. The minimum Gasteiger partial charge on any atom is -0.481 e. The molecule has 0 radical (unpaired) electrons. The van der Waals surface area contributed by atoms with Crippen molar-refractivity contribution in [3.8, 4) is 11.1 Å². The first-order valence-electron chi connectivity index (χ1n) is 17.6. The quantitative estimate of drug-likeness (QED) is 0.130. The summed E-state index contributed by atoms with van der Waals surface area (Å²) in [7, 11) is 0. The van der Waals surface area contributed by atoms with E-state index in [9.17, 15) is 19.8 Å². The van der Waals surface area contributed by atoms with Gasteiger partial charge in [0.2, 0.25) is 0 Å². The number of benzene rings is 2. The number of anilines is 3. The van der Waals surface area contributed by atoms with Crippen molar-refractivity contribution in [2.45, 2.75) is 50.9 Å². The molecule has 6 heterocycles. The molecule has 0 aliphatic carbocycles. The number of rotatable bonds is 9. The Bertz CT molecular complexity index is 2180. The van der Waals surface area contributed by atoms with E-state index in [0.29, 0.717) is 76.5 Å². The number of aliphatic hydroxyl groups excluding tert-OH is 1. The Morgan fingerprint density at radius 1 is 0.904 bits per heavy atom. The summed E-state index contributed by atoms with van der Waals surface area (Å²) in [6.07, 6.45) is 6.50. The number of nitrogens with one attached hydrogen (secondary N) is 2. The normalized spacial score (nSPS) is 20.6. The van der Waals surface area contributed by atoms with Gasteiger partial charge in [0, 0.05) is 61.6 Å². The van der Waals surface area contributed by atoms with Crippen LogP contribution in [-0.2, 0) is 17.9 Å². The number of carbonyl (C=O) groups is 2. The smallest absolute Gasteiger partial charge is 0.307 e. The Hall–Kier alpha value is -4.59. The summed E-state index contributed by atoms with van der Waals surface area (Å²) in [6, 6.07) is 16.9. The first-order chi connectivity index (χ1) is 25.2. The number of amides is 1. The topological polar surface area (TPSA) is 149 Å². The van der Waals surface area contributed by atoms with Crippen molar-refractivity contribution in [3.05, 3.63) is 94.0 Å². The van der Waals surface area contributed by atoms with Crippen molar-refractivity contribution in [3.63, 3.8) is 0 Å². The number of hydrogen-bond donors (Lipinski definition) is 4. The summed E-state index contributed by atoms with van der Waals surface area (Å²) < 4.78 is 1.87. The van der Waals surface area contributed by atoms with E-state index in [1.807, 2.05) is 53.3 Å². The third-order valence-electron chi connectivity index (χ3n) is 10.3. The van der Waals surface area contributed by atoms with Crippen LogP contribution in [0, 0.1) is 5.92 Å². The number of carboxylic acid groups (broad SMARTS) is 1. The highest BCUT2D eigenvalue weighted by atomic mass is 35.5. The third kappa shape index (κ3) is 6.84. The second kappa shape index (κ2) is 14.4. The summed E-state index contributed by atoms with van der Waals surface area (Å²) in [5.74, 6) is -0.965. The van der Waals surface area contributed by atoms with Crippen LogP contribution in [0.1, 0.15) is 53.5 Å². The van der Waals surface area contributed by atoms with Crippen molar-refractivity contribution in [2.75, 3.05) is 36.8 Å². The Labute approximate surface area is 310 Å². The first-order valence-corrected chi connectivity index (χ1v) is 18.3. The second-order valence-corrected chi connectivity index (χ2v) is 14.6. The summed E-state index contributed by atoms with van der Waals surface area (Å²) >= 11 is 14.0. The minimum absolute atomic E-state index is 0.0232. The molecule has 0 bridgehead atoms. The number of halogens is 2. The van der Waals surface area contributed by atoms with E-state index in [1.165, 1.54) is 0 Å². The van der Waals surface area contributed by atoms with Gasteiger partial charge in [-0.1, -0.05) is 47.5 Å². The molecule has 14 heteroatoms. The largest absolute Gasteiger partial charge is 0.481 e. The zero-order chi connectivity index (χ0) is 35.9. The third-order valence-corrected chi connectivity index (χ3v) is 11.2. The summed E-state index contributed by atoms with van der Waals surface area (Å²) in [5.41, 5.74) is 5.32. The second-order valence-electron chi connectivity index (χ2n) is 13.8. The van der Waals surface area contributed by atoms with Gasteiger partial charge in [-0.3, -0.25) is 29.1 Å². The molecule has 1 amide bonds.